The van der Waals surface area contributed by atoms with Crippen molar-refractivity contribution in [3.8, 4) is 0 Å². The number of ether oxygens (including phenoxy) is 1. The SMILES string of the molecule is CN(C)[C@@H](C(=O)N1CCC(CN2CCOCC2)CC1)c1ccc(F)cc1. The van der Waals surface area contributed by atoms with Crippen LogP contribution in [0.15, 0.2) is 24.3 Å². The summed E-state index contributed by atoms with van der Waals surface area (Å²) in [5.41, 5.74) is 0.844. The third-order valence-electron chi connectivity index (χ3n) is 5.48. The Morgan fingerprint density at radius 3 is 2.35 bits per heavy atom. The summed E-state index contributed by atoms with van der Waals surface area (Å²) < 4.78 is 18.6. The fourth-order valence-corrected chi connectivity index (χ4v) is 3.96. The van der Waals surface area contributed by atoms with Gasteiger partial charge in [-0.1, -0.05) is 12.1 Å². The van der Waals surface area contributed by atoms with Gasteiger partial charge in [0.2, 0.25) is 5.91 Å². The second kappa shape index (κ2) is 8.93. The number of morpholine rings is 1. The van der Waals surface area contributed by atoms with Crippen LogP contribution in [0.3, 0.4) is 0 Å². The molecular formula is C20H30FN3O2. The Morgan fingerprint density at radius 1 is 1.15 bits per heavy atom. The Morgan fingerprint density at radius 2 is 1.77 bits per heavy atom. The number of carbonyl (C=O) groups is 1. The van der Waals surface area contributed by atoms with E-state index in [0.29, 0.717) is 5.92 Å². The first kappa shape index (κ1) is 19.3. The van der Waals surface area contributed by atoms with Gasteiger partial charge in [-0.05, 0) is 50.6 Å². The summed E-state index contributed by atoms with van der Waals surface area (Å²) in [5, 5.41) is 0. The van der Waals surface area contributed by atoms with Gasteiger partial charge in [0.1, 0.15) is 11.9 Å². The van der Waals surface area contributed by atoms with Crippen LogP contribution in [0.2, 0.25) is 0 Å². The van der Waals surface area contributed by atoms with E-state index < -0.39 is 0 Å². The minimum absolute atomic E-state index is 0.117. The highest BCUT2D eigenvalue weighted by Crippen LogP contribution is 2.25. The average molecular weight is 363 g/mol. The summed E-state index contributed by atoms with van der Waals surface area (Å²) in [4.78, 5) is 19.5. The lowest BCUT2D eigenvalue weighted by molar-refractivity contribution is -0.137. The summed E-state index contributed by atoms with van der Waals surface area (Å²) in [6.07, 6.45) is 2.10. The molecular weight excluding hydrogens is 333 g/mol. The average Bonchev–Trinajstić information content (AvgIpc) is 2.64. The Labute approximate surface area is 155 Å². The molecule has 1 aromatic rings. The highest BCUT2D eigenvalue weighted by molar-refractivity contribution is 5.83. The van der Waals surface area contributed by atoms with Crippen LogP contribution in [-0.2, 0) is 9.53 Å². The largest absolute Gasteiger partial charge is 0.379 e. The highest BCUT2D eigenvalue weighted by atomic mass is 19.1. The predicted octanol–water partition coefficient (Wildman–Crippen LogP) is 2.00. The number of benzene rings is 1. The minimum atomic E-state index is -0.355. The molecule has 0 unspecified atom stereocenters. The molecule has 144 valence electrons. The maximum atomic E-state index is 13.2. The van der Waals surface area contributed by atoms with Crippen molar-refractivity contribution >= 4 is 5.91 Å². The van der Waals surface area contributed by atoms with Gasteiger partial charge in [-0.15, -0.1) is 0 Å². The smallest absolute Gasteiger partial charge is 0.244 e. The molecule has 1 aromatic carbocycles. The summed E-state index contributed by atoms with van der Waals surface area (Å²) in [6, 6.07) is 5.92. The molecule has 0 radical (unpaired) electrons. The number of hydrogen-bond acceptors (Lipinski definition) is 4. The molecule has 1 atom stereocenters. The first-order chi connectivity index (χ1) is 12.5. The lowest BCUT2D eigenvalue weighted by atomic mass is 9.94. The standard InChI is InChI=1S/C20H30FN3O2/c1-22(2)19(17-3-5-18(21)6-4-17)20(25)24-9-7-16(8-10-24)15-23-11-13-26-14-12-23/h3-6,16,19H,7-15H2,1-2H3/t19-/m1/s1. The second-order valence-electron chi connectivity index (χ2n) is 7.60. The van der Waals surface area contributed by atoms with Gasteiger partial charge in [0.25, 0.3) is 0 Å². The molecule has 5 nitrogen and oxygen atoms in total. The van der Waals surface area contributed by atoms with E-state index in [4.69, 9.17) is 4.74 Å². The highest BCUT2D eigenvalue weighted by Gasteiger charge is 2.31. The normalized spacial score (nSPS) is 21.2. The van der Waals surface area contributed by atoms with Crippen molar-refractivity contribution < 1.29 is 13.9 Å². The first-order valence-electron chi connectivity index (χ1n) is 9.55. The number of halogens is 1. The van der Waals surface area contributed by atoms with Gasteiger partial charge >= 0.3 is 0 Å². The van der Waals surface area contributed by atoms with Gasteiger partial charge in [-0.3, -0.25) is 14.6 Å². The second-order valence-corrected chi connectivity index (χ2v) is 7.60. The number of rotatable bonds is 5. The van der Waals surface area contributed by atoms with E-state index >= 15 is 0 Å². The summed E-state index contributed by atoms with van der Waals surface area (Å²) in [7, 11) is 3.80. The van der Waals surface area contributed by atoms with Crippen LogP contribution in [0.4, 0.5) is 4.39 Å². The van der Waals surface area contributed by atoms with E-state index in [0.717, 1.165) is 64.3 Å². The van der Waals surface area contributed by atoms with Crippen molar-refractivity contribution in [2.45, 2.75) is 18.9 Å². The van der Waals surface area contributed by atoms with Crippen LogP contribution >= 0.6 is 0 Å². The van der Waals surface area contributed by atoms with E-state index in [1.807, 2.05) is 23.9 Å². The van der Waals surface area contributed by atoms with Crippen LogP contribution in [0, 0.1) is 11.7 Å². The number of hydrogen-bond donors (Lipinski definition) is 0. The number of piperidine rings is 1. The van der Waals surface area contributed by atoms with Crippen molar-refractivity contribution in [1.82, 2.24) is 14.7 Å². The monoisotopic (exact) mass is 363 g/mol. The number of nitrogens with zero attached hydrogens (tertiary/aromatic N) is 3. The van der Waals surface area contributed by atoms with Gasteiger partial charge in [0, 0.05) is 32.7 Å². The van der Waals surface area contributed by atoms with Crippen LogP contribution in [0.1, 0.15) is 24.4 Å². The Kier molecular flexibility index (Phi) is 6.62. The molecule has 6 heteroatoms. The number of likely N-dealkylation sites (tertiary alicyclic amines) is 1. The predicted molar refractivity (Wildman–Crippen MR) is 99.4 cm³/mol. The van der Waals surface area contributed by atoms with Gasteiger partial charge < -0.3 is 9.64 Å². The number of amides is 1. The molecule has 0 spiro atoms. The van der Waals surface area contributed by atoms with Crippen molar-refractivity contribution in [2.75, 3.05) is 60.0 Å². The lowest BCUT2D eigenvalue weighted by Gasteiger charge is -2.38. The molecule has 2 aliphatic rings. The molecule has 2 saturated heterocycles. The Hall–Kier alpha value is -1.50. The molecule has 2 heterocycles. The van der Waals surface area contributed by atoms with Gasteiger partial charge in [0.15, 0.2) is 0 Å². The third kappa shape index (κ3) is 4.81. The Bertz CT molecular complexity index is 579. The topological polar surface area (TPSA) is 36.0 Å². The fourth-order valence-electron chi connectivity index (χ4n) is 3.96. The quantitative estimate of drug-likeness (QED) is 0.802. The molecule has 2 fully saturated rings. The molecule has 0 N–H and O–H groups in total. The summed E-state index contributed by atoms with van der Waals surface area (Å²) >= 11 is 0. The van der Waals surface area contributed by atoms with Crippen LogP contribution in [-0.4, -0.2) is 80.6 Å². The van der Waals surface area contributed by atoms with Crippen LogP contribution in [0.5, 0.6) is 0 Å². The van der Waals surface area contributed by atoms with Crippen molar-refractivity contribution in [1.29, 1.82) is 0 Å². The summed E-state index contributed by atoms with van der Waals surface area (Å²) in [6.45, 7) is 6.43. The van der Waals surface area contributed by atoms with Gasteiger partial charge in [-0.2, -0.15) is 0 Å². The number of likely N-dealkylation sites (N-methyl/N-ethyl adjacent to an activating group) is 1. The third-order valence-corrected chi connectivity index (χ3v) is 5.48. The molecule has 0 aliphatic carbocycles. The molecule has 0 saturated carbocycles. The maximum Gasteiger partial charge on any atom is 0.244 e. The molecule has 2 aliphatic heterocycles. The van der Waals surface area contributed by atoms with E-state index in [2.05, 4.69) is 4.90 Å². The zero-order valence-corrected chi connectivity index (χ0v) is 15.9. The molecule has 0 aromatic heterocycles. The lowest BCUT2D eigenvalue weighted by Crippen LogP contribution is -2.47. The zero-order chi connectivity index (χ0) is 18.5. The molecule has 0 bridgehead atoms. The molecule has 3 rings (SSSR count). The zero-order valence-electron chi connectivity index (χ0n) is 15.9. The van der Waals surface area contributed by atoms with E-state index in [-0.39, 0.29) is 17.8 Å². The van der Waals surface area contributed by atoms with Crippen molar-refractivity contribution in [2.24, 2.45) is 5.92 Å². The van der Waals surface area contributed by atoms with Crippen molar-refractivity contribution in [3.63, 3.8) is 0 Å². The maximum absolute atomic E-state index is 13.2. The van der Waals surface area contributed by atoms with Crippen molar-refractivity contribution in [3.05, 3.63) is 35.6 Å². The van der Waals surface area contributed by atoms with E-state index in [1.165, 1.54) is 12.1 Å². The van der Waals surface area contributed by atoms with E-state index in [9.17, 15) is 9.18 Å². The molecule has 1 amide bonds. The molecule has 26 heavy (non-hydrogen) atoms. The van der Waals surface area contributed by atoms with Gasteiger partial charge in [-0.25, -0.2) is 4.39 Å². The van der Waals surface area contributed by atoms with Crippen LogP contribution in [0.25, 0.3) is 0 Å². The fraction of sp³-hybridized carbons (Fsp3) is 0.650. The van der Waals surface area contributed by atoms with Gasteiger partial charge in [0.05, 0.1) is 13.2 Å². The number of carbonyl (C=O) groups excluding carboxylic acids is 1. The van der Waals surface area contributed by atoms with Crippen LogP contribution < -0.4 is 0 Å². The minimum Gasteiger partial charge on any atom is -0.379 e. The summed E-state index contributed by atoms with van der Waals surface area (Å²) in [5.74, 6) is 0.495. The Balaban J connectivity index is 1.56. The first-order valence-corrected chi connectivity index (χ1v) is 9.55. The van der Waals surface area contributed by atoms with E-state index in [1.54, 1.807) is 12.1 Å².